The fraction of sp³-hybridized carbons (Fsp3) is 0.533. The molecule has 1 unspecified atom stereocenters. The molecule has 0 aliphatic rings. The number of carbonyl (C=O) groups is 1. The average molecular weight is 264 g/mol. The van der Waals surface area contributed by atoms with E-state index in [0.29, 0.717) is 12.6 Å². The van der Waals surface area contributed by atoms with Gasteiger partial charge in [-0.3, -0.25) is 0 Å². The molecule has 4 heteroatoms. The molecular weight excluding hydrogens is 240 g/mol. The fourth-order valence-electron chi connectivity index (χ4n) is 1.65. The maximum absolute atomic E-state index is 11.6. The van der Waals surface area contributed by atoms with Gasteiger partial charge in [-0.1, -0.05) is 30.3 Å². The first-order valence-electron chi connectivity index (χ1n) is 6.66. The molecule has 0 bridgehead atoms. The quantitative estimate of drug-likeness (QED) is 0.859. The molecule has 0 fully saturated rings. The minimum absolute atomic E-state index is 0.0654. The van der Waals surface area contributed by atoms with Crippen molar-refractivity contribution in [2.45, 2.75) is 39.5 Å². The van der Waals surface area contributed by atoms with Gasteiger partial charge in [0.1, 0.15) is 6.61 Å². The summed E-state index contributed by atoms with van der Waals surface area (Å²) in [6.07, 6.45) is -0.367. The average Bonchev–Trinajstić information content (AvgIpc) is 2.37. The second-order valence-corrected chi connectivity index (χ2v) is 5.14. The molecule has 1 aromatic rings. The zero-order valence-electron chi connectivity index (χ0n) is 12.2. The van der Waals surface area contributed by atoms with Gasteiger partial charge in [0.25, 0.3) is 0 Å². The van der Waals surface area contributed by atoms with Crippen LogP contribution in [0.5, 0.6) is 0 Å². The van der Waals surface area contributed by atoms with Gasteiger partial charge < -0.3 is 15.0 Å². The van der Waals surface area contributed by atoms with Crippen LogP contribution in [-0.4, -0.2) is 36.7 Å². The highest BCUT2D eigenvalue weighted by molar-refractivity contribution is 5.67. The number of nitrogens with one attached hydrogen (secondary N) is 1. The van der Waals surface area contributed by atoms with Crippen LogP contribution in [0, 0.1) is 0 Å². The fourth-order valence-corrected chi connectivity index (χ4v) is 1.65. The molecule has 0 spiro atoms. The predicted octanol–water partition coefficient (Wildman–Crippen LogP) is 2.64. The molecule has 1 atom stereocenters. The first-order valence-corrected chi connectivity index (χ1v) is 6.66. The molecule has 0 aliphatic heterocycles. The Morgan fingerprint density at radius 2 is 1.89 bits per heavy atom. The van der Waals surface area contributed by atoms with Crippen molar-refractivity contribution in [3.05, 3.63) is 35.9 Å². The van der Waals surface area contributed by atoms with Crippen molar-refractivity contribution < 1.29 is 9.53 Å². The lowest BCUT2D eigenvalue weighted by molar-refractivity contribution is 0.132. The highest BCUT2D eigenvalue weighted by atomic mass is 16.5. The summed E-state index contributed by atoms with van der Waals surface area (Å²) in [7, 11) is 2.04. The van der Waals surface area contributed by atoms with Crippen molar-refractivity contribution in [2.24, 2.45) is 0 Å². The van der Waals surface area contributed by atoms with Crippen LogP contribution < -0.4 is 5.32 Å². The zero-order chi connectivity index (χ0) is 14.3. The molecule has 1 N–H and O–H groups in total. The highest BCUT2D eigenvalue weighted by Gasteiger charge is 2.12. The van der Waals surface area contributed by atoms with Gasteiger partial charge in [-0.25, -0.2) is 4.79 Å². The predicted molar refractivity (Wildman–Crippen MR) is 77.0 cm³/mol. The van der Waals surface area contributed by atoms with Crippen molar-refractivity contribution >= 4 is 6.09 Å². The minimum Gasteiger partial charge on any atom is -0.445 e. The molecular formula is C15H24N2O2. The summed E-state index contributed by atoms with van der Waals surface area (Å²) >= 11 is 0. The van der Waals surface area contributed by atoms with Gasteiger partial charge in [0.05, 0.1) is 0 Å². The number of hydrogen-bond acceptors (Lipinski definition) is 3. The number of alkyl carbamates (subject to hydrolysis) is 1. The Morgan fingerprint density at radius 1 is 1.26 bits per heavy atom. The maximum Gasteiger partial charge on any atom is 0.407 e. The van der Waals surface area contributed by atoms with Crippen LogP contribution in [0.2, 0.25) is 0 Å². The van der Waals surface area contributed by atoms with E-state index in [1.165, 1.54) is 0 Å². The van der Waals surface area contributed by atoms with Crippen molar-refractivity contribution in [1.82, 2.24) is 10.2 Å². The molecule has 0 heterocycles. The summed E-state index contributed by atoms with van der Waals surface area (Å²) in [5.41, 5.74) is 0.990. The van der Waals surface area contributed by atoms with Gasteiger partial charge in [-0.05, 0) is 33.4 Å². The van der Waals surface area contributed by atoms with E-state index in [4.69, 9.17) is 4.74 Å². The van der Waals surface area contributed by atoms with Gasteiger partial charge >= 0.3 is 6.09 Å². The van der Waals surface area contributed by atoms with Crippen LogP contribution in [0.1, 0.15) is 26.3 Å². The SMILES string of the molecule is CC(CN(C)C(C)C)NC(=O)OCc1ccccc1. The maximum atomic E-state index is 11.6. The van der Waals surface area contributed by atoms with Crippen molar-refractivity contribution in [3.8, 4) is 0 Å². The minimum atomic E-state index is -0.367. The molecule has 0 radical (unpaired) electrons. The Bertz CT molecular complexity index is 379. The number of amides is 1. The Labute approximate surface area is 115 Å². The Hall–Kier alpha value is -1.55. The van der Waals surface area contributed by atoms with Crippen molar-refractivity contribution in [1.29, 1.82) is 0 Å². The molecule has 4 nitrogen and oxygen atoms in total. The second kappa shape index (κ2) is 7.79. The molecule has 0 aromatic heterocycles. The van der Waals surface area contributed by atoms with E-state index in [1.807, 2.05) is 44.3 Å². The largest absolute Gasteiger partial charge is 0.445 e. The molecule has 19 heavy (non-hydrogen) atoms. The van der Waals surface area contributed by atoms with Crippen LogP contribution in [-0.2, 0) is 11.3 Å². The molecule has 1 amide bonds. The summed E-state index contributed by atoms with van der Waals surface area (Å²) in [5.74, 6) is 0. The van der Waals surface area contributed by atoms with Gasteiger partial charge in [0.15, 0.2) is 0 Å². The van der Waals surface area contributed by atoms with Crippen LogP contribution in [0.4, 0.5) is 4.79 Å². The summed E-state index contributed by atoms with van der Waals surface area (Å²) in [4.78, 5) is 13.8. The lowest BCUT2D eigenvalue weighted by Gasteiger charge is -2.25. The van der Waals surface area contributed by atoms with Crippen LogP contribution in [0.15, 0.2) is 30.3 Å². The molecule has 0 saturated carbocycles. The summed E-state index contributed by atoms with van der Waals surface area (Å²) in [5, 5.41) is 2.83. The third-order valence-corrected chi connectivity index (χ3v) is 3.02. The summed E-state index contributed by atoms with van der Waals surface area (Å²) < 4.78 is 5.17. The zero-order valence-corrected chi connectivity index (χ0v) is 12.2. The third kappa shape index (κ3) is 6.25. The lowest BCUT2D eigenvalue weighted by atomic mass is 10.2. The van der Waals surface area contributed by atoms with E-state index >= 15 is 0 Å². The smallest absolute Gasteiger partial charge is 0.407 e. The van der Waals surface area contributed by atoms with Crippen molar-refractivity contribution in [2.75, 3.05) is 13.6 Å². The number of nitrogens with zero attached hydrogens (tertiary/aromatic N) is 1. The summed E-state index contributed by atoms with van der Waals surface area (Å²) in [6.45, 7) is 7.33. The first-order chi connectivity index (χ1) is 8.99. The number of carbonyl (C=O) groups excluding carboxylic acids is 1. The van der Waals surface area contributed by atoms with Gasteiger partial charge in [0.2, 0.25) is 0 Å². The monoisotopic (exact) mass is 264 g/mol. The Morgan fingerprint density at radius 3 is 2.47 bits per heavy atom. The van der Waals surface area contributed by atoms with Crippen LogP contribution in [0.3, 0.4) is 0 Å². The van der Waals surface area contributed by atoms with E-state index in [2.05, 4.69) is 24.1 Å². The van der Waals surface area contributed by atoms with E-state index in [0.717, 1.165) is 12.1 Å². The van der Waals surface area contributed by atoms with E-state index in [1.54, 1.807) is 0 Å². The standard InChI is InChI=1S/C15H24N2O2/c1-12(2)17(4)10-13(3)16-15(18)19-11-14-8-6-5-7-9-14/h5-9,12-13H,10-11H2,1-4H3,(H,16,18). The molecule has 106 valence electrons. The number of benzene rings is 1. The van der Waals surface area contributed by atoms with Crippen molar-refractivity contribution in [3.63, 3.8) is 0 Å². The molecule has 0 aliphatic carbocycles. The van der Waals surface area contributed by atoms with Gasteiger partial charge in [-0.15, -0.1) is 0 Å². The third-order valence-electron chi connectivity index (χ3n) is 3.02. The number of hydrogen-bond donors (Lipinski definition) is 1. The second-order valence-electron chi connectivity index (χ2n) is 5.14. The lowest BCUT2D eigenvalue weighted by Crippen LogP contribution is -2.42. The highest BCUT2D eigenvalue weighted by Crippen LogP contribution is 2.01. The van der Waals surface area contributed by atoms with E-state index < -0.39 is 0 Å². The summed E-state index contributed by atoms with van der Waals surface area (Å²) in [6, 6.07) is 10.2. The Kier molecular flexibility index (Phi) is 6.36. The van der Waals surface area contributed by atoms with Gasteiger partial charge in [-0.2, -0.15) is 0 Å². The Balaban J connectivity index is 2.27. The number of rotatable bonds is 6. The molecule has 0 saturated heterocycles. The molecule has 1 rings (SSSR count). The van der Waals surface area contributed by atoms with E-state index in [9.17, 15) is 4.79 Å². The topological polar surface area (TPSA) is 41.6 Å². The van der Waals surface area contributed by atoms with Crippen LogP contribution in [0.25, 0.3) is 0 Å². The number of likely N-dealkylation sites (N-methyl/N-ethyl adjacent to an activating group) is 1. The van der Waals surface area contributed by atoms with E-state index in [-0.39, 0.29) is 12.1 Å². The molecule has 1 aromatic carbocycles. The number of ether oxygens (including phenoxy) is 1. The van der Waals surface area contributed by atoms with Crippen LogP contribution >= 0.6 is 0 Å². The van der Waals surface area contributed by atoms with Gasteiger partial charge in [0, 0.05) is 18.6 Å². The first kappa shape index (κ1) is 15.5. The normalized spacial score (nSPS) is 12.5.